The summed E-state index contributed by atoms with van der Waals surface area (Å²) < 4.78 is 0. The molecule has 2 N–H and O–H groups in total. The molecular weight excluding hydrogens is 364 g/mol. The third kappa shape index (κ3) is 3.75. The highest BCUT2D eigenvalue weighted by Gasteiger charge is 2.37. The van der Waals surface area contributed by atoms with E-state index >= 15 is 0 Å². The summed E-state index contributed by atoms with van der Waals surface area (Å²) in [4.78, 5) is 35.7. The SMILES string of the molecule is CC(C)C[C@H](C(=O)N[C@@H](C)c1nc2ccccc2[nH]1)N1Cc2ccccc2C1=O. The lowest BCUT2D eigenvalue weighted by Gasteiger charge is -2.29. The first kappa shape index (κ1) is 19.2. The van der Waals surface area contributed by atoms with Crippen molar-refractivity contribution in [2.24, 2.45) is 5.92 Å². The van der Waals surface area contributed by atoms with Crippen LogP contribution >= 0.6 is 0 Å². The zero-order valence-electron chi connectivity index (χ0n) is 17.0. The predicted molar refractivity (Wildman–Crippen MR) is 112 cm³/mol. The second-order valence-electron chi connectivity index (χ2n) is 8.11. The van der Waals surface area contributed by atoms with Crippen LogP contribution < -0.4 is 5.32 Å². The predicted octanol–water partition coefficient (Wildman–Crippen LogP) is 3.81. The van der Waals surface area contributed by atoms with Crippen LogP contribution in [-0.2, 0) is 11.3 Å². The third-order valence-electron chi connectivity index (χ3n) is 5.40. The van der Waals surface area contributed by atoms with Crippen molar-refractivity contribution < 1.29 is 9.59 Å². The number of para-hydroxylation sites is 2. The third-order valence-corrected chi connectivity index (χ3v) is 5.40. The van der Waals surface area contributed by atoms with Gasteiger partial charge in [-0.2, -0.15) is 0 Å². The molecule has 0 spiro atoms. The maximum atomic E-state index is 13.2. The molecule has 2 aromatic carbocycles. The Morgan fingerprint density at radius 3 is 2.59 bits per heavy atom. The van der Waals surface area contributed by atoms with Crippen LogP contribution in [0.1, 0.15) is 55.0 Å². The topological polar surface area (TPSA) is 78.1 Å². The summed E-state index contributed by atoms with van der Waals surface area (Å²) >= 11 is 0. The molecular formula is C23H26N4O2. The number of nitrogens with one attached hydrogen (secondary N) is 2. The summed E-state index contributed by atoms with van der Waals surface area (Å²) in [5, 5.41) is 3.06. The Hall–Kier alpha value is -3.15. The molecule has 1 aliphatic rings. The fraction of sp³-hybridized carbons (Fsp3) is 0.348. The number of hydrogen-bond acceptors (Lipinski definition) is 3. The quantitative estimate of drug-likeness (QED) is 0.672. The highest BCUT2D eigenvalue weighted by molar-refractivity contribution is 6.01. The molecule has 6 heteroatoms. The van der Waals surface area contributed by atoms with Crippen LogP contribution in [0.5, 0.6) is 0 Å². The van der Waals surface area contributed by atoms with Gasteiger partial charge in [-0.05, 0) is 43.0 Å². The molecule has 2 heterocycles. The first-order valence-corrected chi connectivity index (χ1v) is 10.1. The maximum Gasteiger partial charge on any atom is 0.255 e. The number of nitrogens with zero attached hydrogens (tertiary/aromatic N) is 2. The summed E-state index contributed by atoms with van der Waals surface area (Å²) in [7, 11) is 0. The smallest absolute Gasteiger partial charge is 0.255 e. The Bertz CT molecular complexity index is 1020. The summed E-state index contributed by atoms with van der Waals surface area (Å²) in [6.07, 6.45) is 0.610. The Labute approximate surface area is 170 Å². The van der Waals surface area contributed by atoms with Gasteiger partial charge in [-0.3, -0.25) is 9.59 Å². The maximum absolute atomic E-state index is 13.2. The average molecular weight is 390 g/mol. The molecule has 0 saturated carbocycles. The second kappa shape index (κ2) is 7.70. The number of rotatable bonds is 6. The summed E-state index contributed by atoms with van der Waals surface area (Å²) in [5.74, 6) is 0.772. The Kier molecular flexibility index (Phi) is 5.09. The van der Waals surface area contributed by atoms with Crippen LogP contribution in [-0.4, -0.2) is 32.7 Å². The molecule has 2 amide bonds. The van der Waals surface area contributed by atoms with E-state index < -0.39 is 6.04 Å². The molecule has 0 aliphatic carbocycles. The lowest BCUT2D eigenvalue weighted by atomic mass is 10.0. The van der Waals surface area contributed by atoms with E-state index in [1.807, 2.05) is 55.5 Å². The molecule has 3 aromatic rings. The van der Waals surface area contributed by atoms with Crippen LogP contribution in [0.3, 0.4) is 0 Å². The number of carbonyl (C=O) groups excluding carboxylic acids is 2. The van der Waals surface area contributed by atoms with Crippen LogP contribution in [0.15, 0.2) is 48.5 Å². The monoisotopic (exact) mass is 390 g/mol. The molecule has 0 bridgehead atoms. The van der Waals surface area contributed by atoms with Crippen molar-refractivity contribution in [2.45, 2.75) is 45.8 Å². The molecule has 150 valence electrons. The standard InChI is InChI=1S/C23H26N4O2/c1-14(2)12-20(27-13-16-8-4-5-9-17(16)23(27)29)22(28)24-15(3)21-25-18-10-6-7-11-19(18)26-21/h4-11,14-15,20H,12-13H2,1-3H3,(H,24,28)(H,25,26)/t15-,20+/m0/s1. The van der Waals surface area contributed by atoms with Crippen molar-refractivity contribution in [3.63, 3.8) is 0 Å². The fourth-order valence-corrected chi connectivity index (χ4v) is 3.91. The van der Waals surface area contributed by atoms with Gasteiger partial charge in [-0.15, -0.1) is 0 Å². The van der Waals surface area contributed by atoms with Crippen molar-refractivity contribution >= 4 is 22.8 Å². The average Bonchev–Trinajstić information content (AvgIpc) is 3.28. The minimum absolute atomic E-state index is 0.0715. The molecule has 29 heavy (non-hydrogen) atoms. The number of aromatic amines is 1. The van der Waals surface area contributed by atoms with E-state index in [2.05, 4.69) is 29.1 Å². The van der Waals surface area contributed by atoms with Crippen LogP contribution in [0.4, 0.5) is 0 Å². The zero-order chi connectivity index (χ0) is 20.5. The zero-order valence-corrected chi connectivity index (χ0v) is 17.0. The minimum Gasteiger partial charge on any atom is -0.345 e. The Morgan fingerprint density at radius 1 is 1.14 bits per heavy atom. The van der Waals surface area contributed by atoms with Gasteiger partial charge in [0.25, 0.3) is 5.91 Å². The molecule has 4 rings (SSSR count). The number of hydrogen-bond donors (Lipinski definition) is 2. The van der Waals surface area contributed by atoms with Crippen molar-refractivity contribution in [3.8, 4) is 0 Å². The molecule has 0 saturated heterocycles. The van der Waals surface area contributed by atoms with Gasteiger partial charge < -0.3 is 15.2 Å². The Balaban J connectivity index is 1.54. The van der Waals surface area contributed by atoms with E-state index in [0.29, 0.717) is 24.4 Å². The van der Waals surface area contributed by atoms with E-state index in [1.54, 1.807) is 4.90 Å². The van der Waals surface area contributed by atoms with Crippen molar-refractivity contribution in [1.82, 2.24) is 20.2 Å². The van der Waals surface area contributed by atoms with Crippen molar-refractivity contribution in [3.05, 3.63) is 65.5 Å². The van der Waals surface area contributed by atoms with Gasteiger partial charge in [0, 0.05) is 12.1 Å². The van der Waals surface area contributed by atoms with Gasteiger partial charge in [0.15, 0.2) is 0 Å². The van der Waals surface area contributed by atoms with Crippen molar-refractivity contribution in [1.29, 1.82) is 0 Å². The summed E-state index contributed by atoms with van der Waals surface area (Å²) in [6.45, 7) is 6.51. The lowest BCUT2D eigenvalue weighted by Crippen LogP contribution is -2.48. The summed E-state index contributed by atoms with van der Waals surface area (Å²) in [6, 6.07) is 14.6. The van der Waals surface area contributed by atoms with Gasteiger partial charge in [0.05, 0.1) is 17.1 Å². The number of carbonyl (C=O) groups is 2. The largest absolute Gasteiger partial charge is 0.345 e. The van der Waals surface area contributed by atoms with E-state index in [0.717, 1.165) is 16.6 Å². The molecule has 0 unspecified atom stereocenters. The van der Waals surface area contributed by atoms with Crippen molar-refractivity contribution in [2.75, 3.05) is 0 Å². The number of aromatic nitrogens is 2. The van der Waals surface area contributed by atoms with E-state index in [-0.39, 0.29) is 23.8 Å². The Morgan fingerprint density at radius 2 is 1.86 bits per heavy atom. The number of imidazole rings is 1. The number of H-pyrrole nitrogens is 1. The van der Waals surface area contributed by atoms with Gasteiger partial charge in [-0.25, -0.2) is 4.98 Å². The van der Waals surface area contributed by atoms with Gasteiger partial charge in [0.2, 0.25) is 5.91 Å². The minimum atomic E-state index is -0.512. The normalized spacial score (nSPS) is 15.6. The highest BCUT2D eigenvalue weighted by atomic mass is 16.2. The highest BCUT2D eigenvalue weighted by Crippen LogP contribution is 2.27. The first-order chi connectivity index (χ1) is 13.9. The van der Waals surface area contributed by atoms with Crippen LogP contribution in [0, 0.1) is 5.92 Å². The van der Waals surface area contributed by atoms with Gasteiger partial charge in [-0.1, -0.05) is 44.2 Å². The lowest BCUT2D eigenvalue weighted by molar-refractivity contribution is -0.127. The molecule has 2 atom stereocenters. The van der Waals surface area contributed by atoms with Gasteiger partial charge >= 0.3 is 0 Å². The summed E-state index contributed by atoms with van der Waals surface area (Å²) in [5.41, 5.74) is 3.48. The second-order valence-corrected chi connectivity index (χ2v) is 8.11. The van der Waals surface area contributed by atoms with E-state index in [1.165, 1.54) is 0 Å². The number of fused-ring (bicyclic) bond motifs is 2. The van der Waals surface area contributed by atoms with Crippen LogP contribution in [0.25, 0.3) is 11.0 Å². The number of amides is 2. The molecule has 0 radical (unpaired) electrons. The first-order valence-electron chi connectivity index (χ1n) is 10.1. The molecule has 0 fully saturated rings. The molecule has 6 nitrogen and oxygen atoms in total. The van der Waals surface area contributed by atoms with E-state index in [4.69, 9.17) is 0 Å². The fourth-order valence-electron chi connectivity index (χ4n) is 3.91. The van der Waals surface area contributed by atoms with Gasteiger partial charge in [0.1, 0.15) is 11.9 Å². The van der Waals surface area contributed by atoms with Crippen LogP contribution in [0.2, 0.25) is 0 Å². The van der Waals surface area contributed by atoms with E-state index in [9.17, 15) is 9.59 Å². The number of benzene rings is 2. The molecule has 1 aromatic heterocycles. The molecule has 1 aliphatic heterocycles.